The molecule has 1 rings (SSSR count). The third-order valence-electron chi connectivity index (χ3n) is 2.36. The van der Waals surface area contributed by atoms with E-state index in [1.165, 1.54) is 5.56 Å². The highest BCUT2D eigenvalue weighted by Crippen LogP contribution is 2.08. The van der Waals surface area contributed by atoms with Crippen LogP contribution in [0, 0.1) is 0 Å². The Balaban J connectivity index is 2.41. The molecule has 0 aliphatic rings. The summed E-state index contributed by atoms with van der Waals surface area (Å²) in [6.07, 6.45) is 0.990. The van der Waals surface area contributed by atoms with E-state index in [1.54, 1.807) is 0 Å². The van der Waals surface area contributed by atoms with E-state index in [9.17, 15) is 0 Å². The van der Waals surface area contributed by atoms with E-state index in [0.717, 1.165) is 18.0 Å². The molecule has 0 fully saturated rings. The van der Waals surface area contributed by atoms with Crippen molar-refractivity contribution in [3.8, 4) is 0 Å². The summed E-state index contributed by atoms with van der Waals surface area (Å²) >= 11 is 5.78. The van der Waals surface area contributed by atoms with Crippen LogP contribution >= 0.6 is 11.6 Å². The van der Waals surface area contributed by atoms with Crippen LogP contribution in [-0.4, -0.2) is 17.8 Å². The normalized spacial score (nSPS) is 12.8. The highest BCUT2D eigenvalue weighted by Gasteiger charge is 2.06. The number of rotatable bonds is 5. The van der Waals surface area contributed by atoms with Crippen LogP contribution in [0.25, 0.3) is 0 Å². The molecule has 0 radical (unpaired) electrons. The standard InChI is InChI=1S/C11H16ClNO/c1-2-11(8-14)13-7-9-3-5-10(12)6-4-9/h3-6,11,13-14H,2,7-8H2,1H3/p+1/t11-/m0/s1. The van der Waals surface area contributed by atoms with Gasteiger partial charge < -0.3 is 10.4 Å². The van der Waals surface area contributed by atoms with E-state index in [0.29, 0.717) is 6.04 Å². The molecule has 0 aliphatic carbocycles. The second-order valence-electron chi connectivity index (χ2n) is 3.42. The third-order valence-corrected chi connectivity index (χ3v) is 2.61. The zero-order valence-electron chi connectivity index (χ0n) is 8.41. The first-order valence-electron chi connectivity index (χ1n) is 4.95. The van der Waals surface area contributed by atoms with Crippen LogP contribution in [0.3, 0.4) is 0 Å². The molecule has 78 valence electrons. The lowest BCUT2D eigenvalue weighted by atomic mass is 10.2. The van der Waals surface area contributed by atoms with Crippen LogP contribution in [-0.2, 0) is 6.54 Å². The SMILES string of the molecule is CC[C@@H](CO)[NH2+]Cc1ccc(Cl)cc1. The summed E-state index contributed by atoms with van der Waals surface area (Å²) in [6.45, 7) is 3.22. The largest absolute Gasteiger partial charge is 0.390 e. The molecule has 1 aromatic carbocycles. The molecule has 1 aromatic rings. The van der Waals surface area contributed by atoms with E-state index in [1.807, 2.05) is 24.3 Å². The highest BCUT2D eigenvalue weighted by molar-refractivity contribution is 6.30. The van der Waals surface area contributed by atoms with E-state index in [2.05, 4.69) is 12.2 Å². The van der Waals surface area contributed by atoms with Crippen molar-refractivity contribution in [1.29, 1.82) is 0 Å². The Morgan fingerprint density at radius 3 is 2.50 bits per heavy atom. The maximum atomic E-state index is 9.00. The average molecular weight is 215 g/mol. The molecule has 0 saturated heterocycles. The number of nitrogens with two attached hydrogens (primary N) is 1. The lowest BCUT2D eigenvalue weighted by molar-refractivity contribution is -0.706. The van der Waals surface area contributed by atoms with Crippen molar-refractivity contribution in [2.24, 2.45) is 0 Å². The van der Waals surface area contributed by atoms with Gasteiger partial charge in [0.25, 0.3) is 0 Å². The number of hydrogen-bond acceptors (Lipinski definition) is 1. The minimum Gasteiger partial charge on any atom is -0.390 e. The lowest BCUT2D eigenvalue weighted by Crippen LogP contribution is -2.89. The molecular weight excluding hydrogens is 198 g/mol. The molecule has 1 atom stereocenters. The van der Waals surface area contributed by atoms with E-state index >= 15 is 0 Å². The fraction of sp³-hybridized carbons (Fsp3) is 0.455. The van der Waals surface area contributed by atoms with Gasteiger partial charge in [0.15, 0.2) is 0 Å². The predicted molar refractivity (Wildman–Crippen MR) is 58.2 cm³/mol. The summed E-state index contributed by atoms with van der Waals surface area (Å²) in [5.41, 5.74) is 1.24. The van der Waals surface area contributed by atoms with Crippen LogP contribution < -0.4 is 5.32 Å². The molecule has 0 unspecified atom stereocenters. The lowest BCUT2D eigenvalue weighted by Gasteiger charge is -2.10. The van der Waals surface area contributed by atoms with E-state index < -0.39 is 0 Å². The molecule has 0 spiro atoms. The zero-order valence-corrected chi connectivity index (χ0v) is 9.17. The number of aliphatic hydroxyl groups excluding tert-OH is 1. The first-order chi connectivity index (χ1) is 6.76. The fourth-order valence-corrected chi connectivity index (χ4v) is 1.42. The molecule has 2 nitrogen and oxygen atoms in total. The molecule has 3 N–H and O–H groups in total. The van der Waals surface area contributed by atoms with Gasteiger partial charge in [0.2, 0.25) is 0 Å². The summed E-state index contributed by atoms with van der Waals surface area (Å²) in [6, 6.07) is 8.13. The van der Waals surface area contributed by atoms with Gasteiger partial charge in [0, 0.05) is 10.6 Å². The predicted octanol–water partition coefficient (Wildman–Crippen LogP) is 1.17. The highest BCUT2D eigenvalue weighted by atomic mass is 35.5. The first-order valence-corrected chi connectivity index (χ1v) is 5.32. The zero-order chi connectivity index (χ0) is 10.4. The Morgan fingerprint density at radius 1 is 1.36 bits per heavy atom. The Bertz CT molecular complexity index is 256. The summed E-state index contributed by atoms with van der Waals surface area (Å²) in [7, 11) is 0. The van der Waals surface area contributed by atoms with Crippen molar-refractivity contribution in [2.45, 2.75) is 25.9 Å². The van der Waals surface area contributed by atoms with Gasteiger partial charge in [-0.15, -0.1) is 0 Å². The first kappa shape index (κ1) is 11.5. The minimum absolute atomic E-state index is 0.240. The van der Waals surface area contributed by atoms with Gasteiger partial charge in [-0.25, -0.2) is 0 Å². The molecule has 0 heterocycles. The van der Waals surface area contributed by atoms with Crippen LogP contribution in [0.4, 0.5) is 0 Å². The second-order valence-corrected chi connectivity index (χ2v) is 3.85. The molecule has 0 amide bonds. The van der Waals surface area contributed by atoms with Crippen molar-refractivity contribution >= 4 is 11.6 Å². The number of quaternary nitrogens is 1. The summed E-state index contributed by atoms with van der Waals surface area (Å²) in [4.78, 5) is 0. The van der Waals surface area contributed by atoms with Crippen molar-refractivity contribution < 1.29 is 10.4 Å². The molecule has 14 heavy (non-hydrogen) atoms. The average Bonchev–Trinajstić information content (AvgIpc) is 2.22. The smallest absolute Gasteiger partial charge is 0.109 e. The van der Waals surface area contributed by atoms with Gasteiger partial charge in [0.05, 0.1) is 6.61 Å². The number of hydrogen-bond donors (Lipinski definition) is 2. The molecule has 0 saturated carbocycles. The Kier molecular flexibility index (Phi) is 4.94. The number of aliphatic hydroxyl groups is 1. The summed E-state index contributed by atoms with van der Waals surface area (Å²) < 4.78 is 0. The second kappa shape index (κ2) is 6.02. The molecule has 0 bridgehead atoms. The van der Waals surface area contributed by atoms with Gasteiger partial charge in [0.1, 0.15) is 12.6 Å². The van der Waals surface area contributed by atoms with Crippen LogP contribution in [0.2, 0.25) is 5.02 Å². The van der Waals surface area contributed by atoms with Gasteiger partial charge in [-0.05, 0) is 18.6 Å². The monoisotopic (exact) mass is 214 g/mol. The van der Waals surface area contributed by atoms with E-state index in [4.69, 9.17) is 16.7 Å². The van der Waals surface area contributed by atoms with Crippen LogP contribution in [0.5, 0.6) is 0 Å². The summed E-state index contributed by atoms with van der Waals surface area (Å²) in [5, 5.41) is 11.9. The molecule has 3 heteroatoms. The van der Waals surface area contributed by atoms with Crippen molar-refractivity contribution in [2.75, 3.05) is 6.61 Å². The topological polar surface area (TPSA) is 36.8 Å². The third kappa shape index (κ3) is 3.66. The Morgan fingerprint density at radius 2 is 2.00 bits per heavy atom. The van der Waals surface area contributed by atoms with Gasteiger partial charge >= 0.3 is 0 Å². The van der Waals surface area contributed by atoms with Crippen LogP contribution in [0.15, 0.2) is 24.3 Å². The van der Waals surface area contributed by atoms with Crippen molar-refractivity contribution in [3.63, 3.8) is 0 Å². The van der Waals surface area contributed by atoms with E-state index in [-0.39, 0.29) is 6.61 Å². The summed E-state index contributed by atoms with van der Waals surface area (Å²) in [5.74, 6) is 0. The molecular formula is C11H17ClNO+. The van der Waals surface area contributed by atoms with Gasteiger partial charge in [-0.3, -0.25) is 0 Å². The number of benzene rings is 1. The maximum Gasteiger partial charge on any atom is 0.109 e. The Hall–Kier alpha value is -0.570. The van der Waals surface area contributed by atoms with Gasteiger partial charge in [-0.2, -0.15) is 0 Å². The van der Waals surface area contributed by atoms with Gasteiger partial charge in [-0.1, -0.05) is 30.7 Å². The fourth-order valence-electron chi connectivity index (χ4n) is 1.29. The molecule has 0 aromatic heterocycles. The van der Waals surface area contributed by atoms with Crippen LogP contribution in [0.1, 0.15) is 18.9 Å². The van der Waals surface area contributed by atoms with Crippen molar-refractivity contribution in [3.05, 3.63) is 34.9 Å². The minimum atomic E-state index is 0.240. The molecule has 0 aliphatic heterocycles. The maximum absolute atomic E-state index is 9.00. The Labute approximate surface area is 89.9 Å². The quantitative estimate of drug-likeness (QED) is 0.759. The number of halogens is 1. The van der Waals surface area contributed by atoms with Crippen molar-refractivity contribution in [1.82, 2.24) is 0 Å².